The number of aliphatic hydroxyl groups excluding tert-OH is 5. The van der Waals surface area contributed by atoms with E-state index in [1.165, 1.54) is 20.3 Å². The Balaban J connectivity index is 1.68. The van der Waals surface area contributed by atoms with Crippen molar-refractivity contribution in [2.75, 3.05) is 34.0 Å². The SMILES string of the molecule is COc1cc([C@H]2c3cc(O)c(OC)cc3CC(CO[C@@H]3O[C@H](CO)[C@@H](O)[C@H](O)[C@H]3O)[C@@H]2CO)ccc1O. The summed E-state index contributed by atoms with van der Waals surface area (Å²) in [5.41, 5.74) is 2.35. The molecule has 2 aliphatic rings. The Morgan fingerprint density at radius 2 is 1.57 bits per heavy atom. The Bertz CT molecular complexity index is 1070. The van der Waals surface area contributed by atoms with Gasteiger partial charge in [0.15, 0.2) is 29.3 Å². The second kappa shape index (κ2) is 11.4. The van der Waals surface area contributed by atoms with E-state index in [-0.39, 0.29) is 42.1 Å². The average Bonchev–Trinajstić information content (AvgIpc) is 2.90. The summed E-state index contributed by atoms with van der Waals surface area (Å²) in [5, 5.41) is 71.1. The van der Waals surface area contributed by atoms with Gasteiger partial charge in [-0.25, -0.2) is 0 Å². The number of phenols is 2. The van der Waals surface area contributed by atoms with Crippen LogP contribution in [-0.4, -0.2) is 100 Å². The molecule has 2 aromatic rings. The Morgan fingerprint density at radius 1 is 0.865 bits per heavy atom. The van der Waals surface area contributed by atoms with Gasteiger partial charge in [-0.3, -0.25) is 0 Å². The largest absolute Gasteiger partial charge is 0.504 e. The quantitative estimate of drug-likeness (QED) is 0.245. The molecule has 0 spiro atoms. The first-order valence-corrected chi connectivity index (χ1v) is 12.0. The van der Waals surface area contributed by atoms with E-state index >= 15 is 0 Å². The van der Waals surface area contributed by atoms with Crippen LogP contribution in [0.25, 0.3) is 0 Å². The van der Waals surface area contributed by atoms with Gasteiger partial charge < -0.3 is 54.7 Å². The van der Waals surface area contributed by atoms with Crippen molar-refractivity contribution in [3.63, 3.8) is 0 Å². The molecular weight excluding hydrogens is 488 g/mol. The summed E-state index contributed by atoms with van der Waals surface area (Å²) >= 11 is 0. The minimum atomic E-state index is -1.57. The molecule has 1 heterocycles. The van der Waals surface area contributed by atoms with Crippen molar-refractivity contribution in [2.45, 2.75) is 43.0 Å². The third kappa shape index (κ3) is 5.21. The Kier molecular flexibility index (Phi) is 8.44. The molecule has 11 nitrogen and oxygen atoms in total. The third-order valence-corrected chi connectivity index (χ3v) is 7.39. The summed E-state index contributed by atoms with van der Waals surface area (Å²) in [6.45, 7) is -0.819. The normalized spacial score (nSPS) is 31.5. The summed E-state index contributed by atoms with van der Waals surface area (Å²) in [6, 6.07) is 8.23. The second-order valence-electron chi connectivity index (χ2n) is 9.47. The monoisotopic (exact) mass is 522 g/mol. The van der Waals surface area contributed by atoms with Gasteiger partial charge in [0.2, 0.25) is 0 Å². The standard InChI is InChI=1S/C26H34O11/c1-34-19-6-12(3-4-17(19)29)22-15-8-18(30)20(35-2)7-13(15)5-14(16(22)9-27)11-36-26-25(33)24(32)23(31)21(10-28)37-26/h3-4,6-8,14,16,21-33H,5,9-11H2,1-2H3/t14?,16-,21+,22-,23+,24-,25+,26+/m0/s1. The van der Waals surface area contributed by atoms with Crippen LogP contribution in [0.4, 0.5) is 0 Å². The van der Waals surface area contributed by atoms with Crippen molar-refractivity contribution in [3.05, 3.63) is 47.0 Å². The molecule has 1 aliphatic carbocycles. The number of aliphatic hydroxyl groups is 5. The zero-order valence-electron chi connectivity index (χ0n) is 20.6. The smallest absolute Gasteiger partial charge is 0.186 e. The summed E-state index contributed by atoms with van der Waals surface area (Å²) in [5.74, 6) is -0.704. The van der Waals surface area contributed by atoms with Gasteiger partial charge in [-0.05, 0) is 59.2 Å². The van der Waals surface area contributed by atoms with E-state index in [1.54, 1.807) is 24.3 Å². The van der Waals surface area contributed by atoms with Crippen LogP contribution in [0, 0.1) is 11.8 Å². The molecule has 2 aromatic carbocycles. The summed E-state index contributed by atoms with van der Waals surface area (Å²) < 4.78 is 21.9. The van der Waals surface area contributed by atoms with Gasteiger partial charge in [0, 0.05) is 12.5 Å². The molecular formula is C26H34O11. The molecule has 1 saturated heterocycles. The zero-order chi connectivity index (χ0) is 26.9. The number of hydrogen-bond acceptors (Lipinski definition) is 11. The van der Waals surface area contributed by atoms with Crippen LogP contribution in [0.2, 0.25) is 0 Å². The van der Waals surface area contributed by atoms with Crippen molar-refractivity contribution >= 4 is 0 Å². The van der Waals surface area contributed by atoms with E-state index in [0.717, 1.165) is 16.7 Å². The predicted molar refractivity (Wildman–Crippen MR) is 129 cm³/mol. The molecule has 8 atom stereocenters. The number of phenolic OH excluding ortho intramolecular Hbond substituents is 2. The average molecular weight is 523 g/mol. The molecule has 11 heteroatoms. The van der Waals surface area contributed by atoms with Crippen LogP contribution in [0.3, 0.4) is 0 Å². The van der Waals surface area contributed by atoms with Crippen LogP contribution in [0.5, 0.6) is 23.0 Å². The minimum Gasteiger partial charge on any atom is -0.504 e. The van der Waals surface area contributed by atoms with Gasteiger partial charge in [-0.15, -0.1) is 0 Å². The third-order valence-electron chi connectivity index (χ3n) is 7.39. The maximum Gasteiger partial charge on any atom is 0.186 e. The molecule has 0 radical (unpaired) electrons. The molecule has 0 saturated carbocycles. The minimum absolute atomic E-state index is 0.00225. The fraction of sp³-hybridized carbons (Fsp3) is 0.538. The Morgan fingerprint density at radius 3 is 2.22 bits per heavy atom. The lowest BCUT2D eigenvalue weighted by atomic mass is 9.67. The lowest BCUT2D eigenvalue weighted by molar-refractivity contribution is -0.304. The van der Waals surface area contributed by atoms with Crippen LogP contribution in [0.15, 0.2) is 30.3 Å². The number of aromatic hydroxyl groups is 2. The van der Waals surface area contributed by atoms with E-state index in [2.05, 4.69) is 0 Å². The highest BCUT2D eigenvalue weighted by molar-refractivity contribution is 5.53. The summed E-state index contributed by atoms with van der Waals surface area (Å²) in [7, 11) is 2.88. The highest BCUT2D eigenvalue weighted by Crippen LogP contribution is 2.48. The van der Waals surface area contributed by atoms with E-state index < -0.39 is 49.1 Å². The van der Waals surface area contributed by atoms with Crippen molar-refractivity contribution in [2.24, 2.45) is 11.8 Å². The van der Waals surface area contributed by atoms with E-state index in [1.807, 2.05) is 0 Å². The molecule has 204 valence electrons. The Labute approximate surface area is 214 Å². The second-order valence-corrected chi connectivity index (χ2v) is 9.47. The molecule has 0 bridgehead atoms. The van der Waals surface area contributed by atoms with E-state index in [9.17, 15) is 35.7 Å². The molecule has 1 fully saturated rings. The van der Waals surface area contributed by atoms with Crippen LogP contribution in [0.1, 0.15) is 22.6 Å². The highest BCUT2D eigenvalue weighted by Gasteiger charge is 2.45. The molecule has 37 heavy (non-hydrogen) atoms. The number of methoxy groups -OCH3 is 2. The molecule has 7 N–H and O–H groups in total. The maximum absolute atomic E-state index is 10.5. The molecule has 1 aliphatic heterocycles. The number of rotatable bonds is 8. The van der Waals surface area contributed by atoms with Crippen LogP contribution >= 0.6 is 0 Å². The fourth-order valence-corrected chi connectivity index (χ4v) is 5.37. The molecule has 0 amide bonds. The number of fused-ring (bicyclic) bond motifs is 1. The van der Waals surface area contributed by atoms with Gasteiger partial charge >= 0.3 is 0 Å². The van der Waals surface area contributed by atoms with Crippen molar-refractivity contribution < 1.29 is 54.7 Å². The fourth-order valence-electron chi connectivity index (χ4n) is 5.37. The van der Waals surface area contributed by atoms with Gasteiger partial charge in [-0.2, -0.15) is 0 Å². The number of ether oxygens (including phenoxy) is 4. The van der Waals surface area contributed by atoms with Crippen LogP contribution < -0.4 is 9.47 Å². The topological polar surface area (TPSA) is 179 Å². The van der Waals surface area contributed by atoms with Gasteiger partial charge in [0.1, 0.15) is 24.4 Å². The van der Waals surface area contributed by atoms with Gasteiger partial charge in [0.05, 0.1) is 27.4 Å². The summed E-state index contributed by atoms with van der Waals surface area (Å²) in [6.07, 6.45) is -6.59. The molecule has 4 rings (SSSR count). The van der Waals surface area contributed by atoms with Crippen molar-refractivity contribution in [3.8, 4) is 23.0 Å². The predicted octanol–water partition coefficient (Wildman–Crippen LogP) is -0.156. The van der Waals surface area contributed by atoms with E-state index in [4.69, 9.17) is 18.9 Å². The first-order valence-electron chi connectivity index (χ1n) is 12.0. The lowest BCUT2D eigenvalue weighted by Crippen LogP contribution is -2.59. The number of benzene rings is 2. The Hall–Kier alpha value is -2.64. The molecule has 0 aromatic heterocycles. The summed E-state index contributed by atoms with van der Waals surface area (Å²) in [4.78, 5) is 0. The van der Waals surface area contributed by atoms with Gasteiger partial charge in [0.25, 0.3) is 0 Å². The highest BCUT2D eigenvalue weighted by atomic mass is 16.7. The van der Waals surface area contributed by atoms with Gasteiger partial charge in [-0.1, -0.05) is 6.07 Å². The van der Waals surface area contributed by atoms with Crippen molar-refractivity contribution in [1.29, 1.82) is 0 Å². The first kappa shape index (κ1) is 27.4. The zero-order valence-corrected chi connectivity index (χ0v) is 20.6. The lowest BCUT2D eigenvalue weighted by Gasteiger charge is -2.42. The van der Waals surface area contributed by atoms with Crippen LogP contribution in [-0.2, 0) is 15.9 Å². The number of hydrogen-bond donors (Lipinski definition) is 7. The molecule has 1 unspecified atom stereocenters. The van der Waals surface area contributed by atoms with E-state index in [0.29, 0.717) is 6.42 Å². The van der Waals surface area contributed by atoms with Crippen molar-refractivity contribution in [1.82, 2.24) is 0 Å². The maximum atomic E-state index is 10.5. The first-order chi connectivity index (χ1) is 17.7.